The number of hydrogen-bond donors (Lipinski definition) is 2. The van der Waals surface area contributed by atoms with E-state index in [1.807, 2.05) is 23.3 Å². The molecule has 2 aliphatic heterocycles. The summed E-state index contributed by atoms with van der Waals surface area (Å²) in [6, 6.07) is 7.69. The number of pyridine rings is 1. The van der Waals surface area contributed by atoms with Gasteiger partial charge < -0.3 is 15.5 Å². The van der Waals surface area contributed by atoms with E-state index in [2.05, 4.69) is 43.0 Å². The zero-order valence-corrected chi connectivity index (χ0v) is 18.4. The second kappa shape index (κ2) is 10.2. The number of aromatic nitrogens is 1. The summed E-state index contributed by atoms with van der Waals surface area (Å²) in [6.07, 6.45) is 5.01. The van der Waals surface area contributed by atoms with Gasteiger partial charge in [0.2, 0.25) is 0 Å². The third-order valence-corrected chi connectivity index (χ3v) is 6.88. The molecule has 0 saturated carbocycles. The van der Waals surface area contributed by atoms with E-state index in [4.69, 9.17) is 0 Å². The normalized spacial score (nSPS) is 21.2. The highest BCUT2D eigenvalue weighted by Gasteiger charge is 2.26. The van der Waals surface area contributed by atoms with E-state index >= 15 is 0 Å². The highest BCUT2D eigenvalue weighted by atomic mass is 32.1. The van der Waals surface area contributed by atoms with E-state index in [-0.39, 0.29) is 11.9 Å². The monoisotopic (exact) mass is 430 g/mol. The molecule has 8 heteroatoms. The Morgan fingerprint density at radius 1 is 1.23 bits per heavy atom. The van der Waals surface area contributed by atoms with Crippen LogP contribution in [-0.2, 0) is 6.54 Å². The molecule has 2 N–H and O–H groups in total. The van der Waals surface area contributed by atoms with Crippen LogP contribution < -0.4 is 15.5 Å². The predicted molar refractivity (Wildman–Crippen MR) is 122 cm³/mol. The number of nitrogens with zero attached hydrogens (tertiary/aromatic N) is 4. The third-order valence-electron chi connectivity index (χ3n) is 6.02. The van der Waals surface area contributed by atoms with E-state index < -0.39 is 0 Å². The molecule has 0 bridgehead atoms. The lowest BCUT2D eigenvalue weighted by molar-refractivity contribution is 0.179. The van der Waals surface area contributed by atoms with E-state index in [1.54, 1.807) is 12.3 Å². The number of hydrogen-bond acceptors (Lipinski definition) is 5. The van der Waals surface area contributed by atoms with Gasteiger partial charge in [-0.1, -0.05) is 6.07 Å². The first-order chi connectivity index (χ1) is 14.7. The molecule has 0 aromatic carbocycles. The molecule has 6 nitrogen and oxygen atoms in total. The van der Waals surface area contributed by atoms with Crippen molar-refractivity contribution in [2.75, 3.05) is 44.7 Å². The summed E-state index contributed by atoms with van der Waals surface area (Å²) in [5, 5.41) is 9.16. The van der Waals surface area contributed by atoms with Gasteiger partial charge >= 0.3 is 0 Å². The molecule has 0 spiro atoms. The van der Waals surface area contributed by atoms with Gasteiger partial charge in [0, 0.05) is 50.3 Å². The largest absolute Gasteiger partial charge is 0.356 e. The summed E-state index contributed by atoms with van der Waals surface area (Å²) in [5.74, 6) is 1.69. The van der Waals surface area contributed by atoms with Crippen LogP contribution in [0.1, 0.15) is 24.1 Å². The van der Waals surface area contributed by atoms with Crippen molar-refractivity contribution in [1.82, 2.24) is 20.5 Å². The van der Waals surface area contributed by atoms with Crippen molar-refractivity contribution in [3.8, 4) is 0 Å². The van der Waals surface area contributed by atoms with Crippen LogP contribution in [0.5, 0.6) is 0 Å². The molecule has 2 aliphatic rings. The Balaban J connectivity index is 1.18. The molecule has 4 rings (SSSR count). The smallest absolute Gasteiger partial charge is 0.191 e. The SMILES string of the molecule is CN=C(NCC1CCN(Cc2cccs2)CC1)NC1CCN(c2ncccc2F)C1. The number of rotatable bonds is 6. The molecule has 2 aromatic heterocycles. The summed E-state index contributed by atoms with van der Waals surface area (Å²) < 4.78 is 14.0. The summed E-state index contributed by atoms with van der Waals surface area (Å²) in [6.45, 7) is 5.86. The highest BCUT2D eigenvalue weighted by molar-refractivity contribution is 7.09. The Labute approximate surface area is 182 Å². The number of nitrogens with one attached hydrogen (secondary N) is 2. The maximum atomic E-state index is 14.0. The van der Waals surface area contributed by atoms with Gasteiger partial charge in [-0.25, -0.2) is 9.37 Å². The minimum Gasteiger partial charge on any atom is -0.356 e. The number of guanidine groups is 1. The number of thiophene rings is 1. The number of piperidine rings is 1. The van der Waals surface area contributed by atoms with Gasteiger partial charge in [0.1, 0.15) is 0 Å². The Hall–Kier alpha value is -2.19. The molecule has 2 fully saturated rings. The van der Waals surface area contributed by atoms with E-state index in [1.165, 1.54) is 23.8 Å². The van der Waals surface area contributed by atoms with Gasteiger partial charge in [-0.15, -0.1) is 11.3 Å². The Bertz CT molecular complexity index is 819. The van der Waals surface area contributed by atoms with Gasteiger partial charge in [-0.05, 0) is 61.8 Å². The van der Waals surface area contributed by atoms with Crippen LogP contribution in [0.25, 0.3) is 0 Å². The lowest BCUT2D eigenvalue weighted by atomic mass is 9.97. The second-order valence-electron chi connectivity index (χ2n) is 8.14. The van der Waals surface area contributed by atoms with Crippen molar-refractivity contribution in [2.45, 2.75) is 31.8 Å². The highest BCUT2D eigenvalue weighted by Crippen LogP contribution is 2.22. The van der Waals surface area contributed by atoms with Crippen LogP contribution in [0, 0.1) is 11.7 Å². The van der Waals surface area contributed by atoms with Crippen molar-refractivity contribution in [2.24, 2.45) is 10.9 Å². The van der Waals surface area contributed by atoms with Crippen molar-refractivity contribution in [3.05, 3.63) is 46.5 Å². The zero-order valence-electron chi connectivity index (χ0n) is 17.6. The van der Waals surface area contributed by atoms with Crippen LogP contribution in [0.15, 0.2) is 40.8 Å². The average molecular weight is 431 g/mol. The second-order valence-corrected chi connectivity index (χ2v) is 9.17. The molecule has 162 valence electrons. The molecule has 1 atom stereocenters. The third kappa shape index (κ3) is 5.49. The minimum absolute atomic E-state index is 0.241. The topological polar surface area (TPSA) is 55.8 Å². The molecule has 0 amide bonds. The van der Waals surface area contributed by atoms with Gasteiger partial charge in [0.15, 0.2) is 17.6 Å². The molecule has 4 heterocycles. The first-order valence-corrected chi connectivity index (χ1v) is 11.7. The van der Waals surface area contributed by atoms with Gasteiger partial charge in [-0.2, -0.15) is 0 Å². The first kappa shape index (κ1) is 21.1. The summed E-state index contributed by atoms with van der Waals surface area (Å²) in [5.41, 5.74) is 0. The summed E-state index contributed by atoms with van der Waals surface area (Å²) in [4.78, 5) is 14.6. The van der Waals surface area contributed by atoms with Crippen LogP contribution in [-0.4, -0.2) is 61.7 Å². The lowest BCUT2D eigenvalue weighted by Crippen LogP contribution is -2.47. The van der Waals surface area contributed by atoms with Crippen LogP contribution in [0.3, 0.4) is 0 Å². The van der Waals surface area contributed by atoms with Crippen molar-refractivity contribution in [3.63, 3.8) is 0 Å². The number of halogens is 1. The van der Waals surface area contributed by atoms with Crippen LogP contribution in [0.4, 0.5) is 10.2 Å². The van der Waals surface area contributed by atoms with Crippen LogP contribution >= 0.6 is 11.3 Å². The van der Waals surface area contributed by atoms with Crippen LogP contribution in [0.2, 0.25) is 0 Å². The fraction of sp³-hybridized carbons (Fsp3) is 0.545. The van der Waals surface area contributed by atoms with E-state index in [0.29, 0.717) is 11.7 Å². The van der Waals surface area contributed by atoms with E-state index in [0.717, 1.165) is 51.6 Å². The maximum Gasteiger partial charge on any atom is 0.191 e. The Morgan fingerprint density at radius 3 is 2.83 bits per heavy atom. The molecule has 0 aliphatic carbocycles. The Kier molecular flexibility index (Phi) is 7.17. The van der Waals surface area contributed by atoms with Crippen molar-refractivity contribution >= 4 is 23.1 Å². The molecule has 30 heavy (non-hydrogen) atoms. The first-order valence-electron chi connectivity index (χ1n) is 10.8. The molecule has 2 aromatic rings. The lowest BCUT2D eigenvalue weighted by Gasteiger charge is -2.32. The number of likely N-dealkylation sites (tertiary alicyclic amines) is 1. The van der Waals surface area contributed by atoms with Gasteiger partial charge in [-0.3, -0.25) is 9.89 Å². The summed E-state index contributed by atoms with van der Waals surface area (Å²) >= 11 is 1.84. The quantitative estimate of drug-likeness (QED) is 0.545. The molecular formula is C22H31FN6S. The predicted octanol–water partition coefficient (Wildman–Crippen LogP) is 2.94. The fourth-order valence-corrected chi connectivity index (χ4v) is 5.03. The fourth-order valence-electron chi connectivity index (χ4n) is 4.28. The number of anilines is 1. The average Bonchev–Trinajstić information content (AvgIpc) is 3.45. The zero-order chi connectivity index (χ0) is 20.8. The maximum absolute atomic E-state index is 14.0. The molecule has 1 unspecified atom stereocenters. The van der Waals surface area contributed by atoms with Gasteiger partial charge in [0.25, 0.3) is 0 Å². The van der Waals surface area contributed by atoms with Crippen molar-refractivity contribution < 1.29 is 4.39 Å². The molecule has 0 radical (unpaired) electrons. The molecule has 2 saturated heterocycles. The van der Waals surface area contributed by atoms with E-state index in [9.17, 15) is 4.39 Å². The Morgan fingerprint density at radius 2 is 2.10 bits per heavy atom. The van der Waals surface area contributed by atoms with Crippen molar-refractivity contribution in [1.29, 1.82) is 0 Å². The summed E-state index contributed by atoms with van der Waals surface area (Å²) in [7, 11) is 1.81. The minimum atomic E-state index is -0.258. The number of aliphatic imine (C=N–C) groups is 1. The molecular weight excluding hydrogens is 399 g/mol. The van der Waals surface area contributed by atoms with Gasteiger partial charge in [0.05, 0.1) is 0 Å². The standard InChI is InChI=1S/C22H31FN6S/c1-24-22(27-18-8-12-29(15-18)21-20(23)5-2-9-25-21)26-14-17-6-10-28(11-7-17)16-19-4-3-13-30-19/h2-5,9,13,17-18H,6-8,10-12,14-16H2,1H3,(H2,24,26,27).